The van der Waals surface area contributed by atoms with Gasteiger partial charge in [0.2, 0.25) is 30.1 Å². The van der Waals surface area contributed by atoms with Crippen molar-refractivity contribution in [1.82, 2.24) is 12.9 Å². The van der Waals surface area contributed by atoms with Crippen LogP contribution in [-0.4, -0.2) is 76.4 Å². The van der Waals surface area contributed by atoms with Crippen LogP contribution in [0.4, 0.5) is 0 Å². The van der Waals surface area contributed by atoms with Crippen LogP contribution in [0.25, 0.3) is 0 Å². The molecule has 2 aliphatic rings. The van der Waals surface area contributed by atoms with Crippen LogP contribution in [0.15, 0.2) is 87.5 Å². The van der Waals surface area contributed by atoms with Gasteiger partial charge in [0.05, 0.1) is 14.7 Å². The van der Waals surface area contributed by atoms with Crippen molar-refractivity contribution in [3.8, 4) is 0 Å². The van der Waals surface area contributed by atoms with Crippen molar-refractivity contribution in [2.24, 2.45) is 0 Å². The second-order valence-corrected chi connectivity index (χ2v) is 17.2. The number of hydrogen-bond donors (Lipinski definition) is 0. The molecule has 0 spiro atoms. The van der Waals surface area contributed by atoms with Gasteiger partial charge in [-0.05, 0) is 70.0 Å². The fourth-order valence-electron chi connectivity index (χ4n) is 6.01. The minimum Gasteiger partial charge on any atom is -0.207 e. The Bertz CT molecular complexity index is 1660. The Morgan fingerprint density at radius 1 is 0.465 bits per heavy atom. The molecule has 1 saturated heterocycles. The summed E-state index contributed by atoms with van der Waals surface area (Å²) in [5.74, 6) is 0. The van der Waals surface area contributed by atoms with Crippen LogP contribution in [-0.2, 0) is 30.1 Å². The van der Waals surface area contributed by atoms with E-state index in [0.717, 1.165) is 29.5 Å². The van der Waals surface area contributed by atoms with E-state index in [1.54, 1.807) is 60.7 Å². The maximum atomic E-state index is 14.2. The molecular weight excluding hydrogens is 607 g/mol. The lowest BCUT2D eigenvalue weighted by Gasteiger charge is -2.43. The molecule has 1 heterocycles. The zero-order valence-electron chi connectivity index (χ0n) is 24.8. The molecule has 9 nitrogen and oxygen atoms in total. The first-order valence-corrected chi connectivity index (χ1v) is 18.9. The Hall–Kier alpha value is -2.61. The van der Waals surface area contributed by atoms with Gasteiger partial charge in [-0.15, -0.1) is 0 Å². The van der Waals surface area contributed by atoms with Crippen LogP contribution in [0.2, 0.25) is 0 Å². The molecule has 0 radical (unpaired) electrons. The highest BCUT2D eigenvalue weighted by Crippen LogP contribution is 2.35. The summed E-state index contributed by atoms with van der Waals surface area (Å²) in [7, 11) is -12.2. The summed E-state index contributed by atoms with van der Waals surface area (Å²) < 4.78 is 88.8. The number of aryl methyl sites for hydroxylation is 3. The number of fused-ring (bicyclic) bond motifs is 1. The number of hydrogen-bond acceptors (Lipinski definition) is 6. The lowest BCUT2D eigenvalue weighted by Crippen LogP contribution is -2.56. The summed E-state index contributed by atoms with van der Waals surface area (Å²) in [5, 5.41) is 0. The van der Waals surface area contributed by atoms with Crippen LogP contribution >= 0.6 is 0 Å². The largest absolute Gasteiger partial charge is 0.243 e. The number of sulfonamides is 3. The first-order chi connectivity index (χ1) is 20.3. The van der Waals surface area contributed by atoms with E-state index >= 15 is 0 Å². The summed E-state index contributed by atoms with van der Waals surface area (Å²) >= 11 is 0. The molecule has 3 aromatic carbocycles. The van der Waals surface area contributed by atoms with Crippen molar-refractivity contribution < 1.29 is 25.3 Å². The Morgan fingerprint density at radius 2 is 0.767 bits per heavy atom. The van der Waals surface area contributed by atoms with Crippen LogP contribution in [0.1, 0.15) is 42.4 Å². The van der Waals surface area contributed by atoms with Gasteiger partial charge in [-0.2, -0.15) is 12.9 Å². The van der Waals surface area contributed by atoms with E-state index in [2.05, 4.69) is 0 Å². The number of nitrogens with zero attached hydrogens (tertiary/aromatic N) is 3. The Balaban J connectivity index is 1.64. The van der Waals surface area contributed by atoms with Crippen LogP contribution in [0.5, 0.6) is 0 Å². The predicted octanol–water partition coefficient (Wildman–Crippen LogP) is 4.31. The third-order valence-corrected chi connectivity index (χ3v) is 14.3. The SMILES string of the molecule is Cc1ccc(S(=O)(=O)N2CCN(S(=O)(=O)c3ccc(C)cc3)C3CCCCC3N(S(=O)(=O)c3ccc(C)cc3)CC2)cc1. The van der Waals surface area contributed by atoms with Gasteiger partial charge in [-0.1, -0.05) is 65.9 Å². The molecule has 232 valence electrons. The monoisotopic (exact) mass is 645 g/mol. The molecular formula is C31H39N3O6S3. The van der Waals surface area contributed by atoms with E-state index in [1.807, 2.05) is 20.8 Å². The maximum Gasteiger partial charge on any atom is 0.243 e. The molecule has 2 unspecified atom stereocenters. The molecule has 12 heteroatoms. The normalized spacial score (nSPS) is 21.8. The van der Waals surface area contributed by atoms with Gasteiger partial charge in [-0.25, -0.2) is 25.3 Å². The molecule has 43 heavy (non-hydrogen) atoms. The van der Waals surface area contributed by atoms with Gasteiger partial charge >= 0.3 is 0 Å². The molecule has 0 amide bonds. The summed E-state index contributed by atoms with van der Waals surface area (Å²) in [4.78, 5) is 0.278. The van der Waals surface area contributed by atoms with Crippen LogP contribution < -0.4 is 0 Å². The van der Waals surface area contributed by atoms with Crippen LogP contribution in [0.3, 0.4) is 0 Å². The Morgan fingerprint density at radius 3 is 1.09 bits per heavy atom. The van der Waals surface area contributed by atoms with Crippen molar-refractivity contribution in [3.63, 3.8) is 0 Å². The first kappa shape index (κ1) is 31.8. The van der Waals surface area contributed by atoms with E-state index in [0.29, 0.717) is 12.8 Å². The Labute approximate surface area is 256 Å². The predicted molar refractivity (Wildman–Crippen MR) is 166 cm³/mol. The molecule has 2 atom stereocenters. The molecule has 3 aromatic rings. The van der Waals surface area contributed by atoms with E-state index in [1.165, 1.54) is 25.0 Å². The zero-order valence-corrected chi connectivity index (χ0v) is 27.2. The van der Waals surface area contributed by atoms with Gasteiger partial charge < -0.3 is 0 Å². The van der Waals surface area contributed by atoms with E-state index in [4.69, 9.17) is 0 Å². The smallest absolute Gasteiger partial charge is 0.207 e. The van der Waals surface area contributed by atoms with Gasteiger partial charge in [0.15, 0.2) is 0 Å². The highest BCUT2D eigenvalue weighted by molar-refractivity contribution is 7.90. The van der Waals surface area contributed by atoms with Gasteiger partial charge in [-0.3, -0.25) is 0 Å². The molecule has 0 aromatic heterocycles. The van der Waals surface area contributed by atoms with E-state index in [9.17, 15) is 25.3 Å². The lowest BCUT2D eigenvalue weighted by atomic mass is 9.90. The van der Waals surface area contributed by atoms with Crippen molar-refractivity contribution in [1.29, 1.82) is 0 Å². The molecule has 1 aliphatic carbocycles. The summed E-state index contributed by atoms with van der Waals surface area (Å²) in [6.07, 6.45) is 2.43. The average Bonchev–Trinajstić information content (AvgIpc) is 3.06. The number of rotatable bonds is 6. The van der Waals surface area contributed by atoms with Crippen molar-refractivity contribution in [2.75, 3.05) is 26.2 Å². The highest BCUT2D eigenvalue weighted by Gasteiger charge is 2.45. The van der Waals surface area contributed by atoms with E-state index < -0.39 is 42.2 Å². The molecule has 1 aliphatic heterocycles. The van der Waals surface area contributed by atoms with Crippen LogP contribution in [0, 0.1) is 20.8 Å². The topological polar surface area (TPSA) is 112 Å². The second kappa shape index (κ2) is 12.4. The third kappa shape index (κ3) is 6.45. The fraction of sp³-hybridized carbons (Fsp3) is 0.419. The summed E-state index contributed by atoms with van der Waals surface area (Å²) in [6, 6.07) is 18.3. The minimum absolute atomic E-state index is 0.0793. The first-order valence-electron chi connectivity index (χ1n) is 14.6. The van der Waals surface area contributed by atoms with E-state index in [-0.39, 0.29) is 40.9 Å². The lowest BCUT2D eigenvalue weighted by molar-refractivity contribution is 0.152. The third-order valence-electron chi connectivity index (χ3n) is 8.49. The zero-order chi connectivity index (χ0) is 31.0. The summed E-state index contributed by atoms with van der Waals surface area (Å²) in [6.45, 7) is 5.19. The molecule has 0 N–H and O–H groups in total. The molecule has 2 fully saturated rings. The van der Waals surface area contributed by atoms with Crippen molar-refractivity contribution in [3.05, 3.63) is 89.5 Å². The molecule has 5 rings (SSSR count). The second-order valence-electron chi connectivity index (χ2n) is 11.5. The molecule has 0 bridgehead atoms. The van der Waals surface area contributed by atoms with Gasteiger partial charge in [0.25, 0.3) is 0 Å². The highest BCUT2D eigenvalue weighted by atomic mass is 32.2. The van der Waals surface area contributed by atoms with Gasteiger partial charge in [0.1, 0.15) is 0 Å². The van der Waals surface area contributed by atoms with Gasteiger partial charge in [0, 0.05) is 38.3 Å². The quantitative estimate of drug-likeness (QED) is 0.395. The maximum absolute atomic E-state index is 14.2. The molecule has 1 saturated carbocycles. The Kier molecular flexibility index (Phi) is 9.18. The van der Waals surface area contributed by atoms with Crippen molar-refractivity contribution in [2.45, 2.75) is 73.2 Å². The number of benzene rings is 3. The minimum atomic E-state index is -4.09. The standard InChI is InChI=1S/C31H39N3O6S3/c1-24-8-14-27(15-9-24)41(35,36)32-20-22-33(42(37,38)28-16-10-25(2)11-17-28)30-6-4-5-7-31(30)34(23-21-32)43(39,40)29-18-12-26(3)13-19-29/h8-19,30-31H,4-7,20-23H2,1-3H3. The fourth-order valence-corrected chi connectivity index (χ4v) is 10.8. The summed E-state index contributed by atoms with van der Waals surface area (Å²) in [5.41, 5.74) is 2.72. The van der Waals surface area contributed by atoms with Crippen molar-refractivity contribution >= 4 is 30.1 Å². The average molecular weight is 646 g/mol.